The fraction of sp³-hybridized carbons (Fsp3) is 0.529. The lowest BCUT2D eigenvalue weighted by molar-refractivity contribution is -0.139. The van der Waals surface area contributed by atoms with Gasteiger partial charge in [-0.3, -0.25) is 9.59 Å². The lowest BCUT2D eigenvalue weighted by atomic mass is 9.98. The molecule has 0 spiro atoms. The van der Waals surface area contributed by atoms with Gasteiger partial charge in [-0.15, -0.1) is 0 Å². The van der Waals surface area contributed by atoms with Crippen molar-refractivity contribution in [1.29, 1.82) is 0 Å². The number of amides is 2. The molecule has 2 aliphatic rings. The molecule has 1 aliphatic carbocycles. The second-order valence-corrected chi connectivity index (χ2v) is 6.09. The van der Waals surface area contributed by atoms with Crippen molar-refractivity contribution < 1.29 is 9.59 Å². The summed E-state index contributed by atoms with van der Waals surface area (Å²) in [6, 6.07) is 7.73. The van der Waals surface area contributed by atoms with Crippen molar-refractivity contribution in [2.24, 2.45) is 5.92 Å². The second-order valence-electron chi connectivity index (χ2n) is 6.09. The number of hydrogen-bond acceptors (Lipinski definition) is 2. The minimum absolute atomic E-state index is 0.0954. The Bertz CT molecular complexity index is 533. The maximum Gasteiger partial charge on any atom is 0.244 e. The lowest BCUT2D eigenvalue weighted by Crippen LogP contribution is -2.39. The number of carbonyl (C=O) groups excluding carboxylic acids is 2. The van der Waals surface area contributed by atoms with Gasteiger partial charge in [0.05, 0.1) is 0 Å². The molecule has 3 rings (SSSR count). The molecule has 1 saturated carbocycles. The van der Waals surface area contributed by atoms with Gasteiger partial charge in [0.1, 0.15) is 6.54 Å². The van der Waals surface area contributed by atoms with E-state index < -0.39 is 0 Å². The molecular weight excluding hydrogens is 264 g/mol. The number of rotatable bonds is 1. The number of para-hydroxylation sites is 1. The van der Waals surface area contributed by atoms with Gasteiger partial charge in [-0.2, -0.15) is 0 Å². The zero-order valence-corrected chi connectivity index (χ0v) is 12.3. The van der Waals surface area contributed by atoms with E-state index >= 15 is 0 Å². The Balaban J connectivity index is 1.78. The third kappa shape index (κ3) is 3.26. The van der Waals surface area contributed by atoms with Gasteiger partial charge >= 0.3 is 0 Å². The Labute approximate surface area is 125 Å². The smallest absolute Gasteiger partial charge is 0.244 e. The van der Waals surface area contributed by atoms with Crippen LogP contribution in [0.5, 0.6) is 0 Å². The molecule has 4 nitrogen and oxygen atoms in total. The summed E-state index contributed by atoms with van der Waals surface area (Å²) in [5.41, 5.74) is 1.85. The third-order valence-electron chi connectivity index (χ3n) is 4.50. The first-order valence-electron chi connectivity index (χ1n) is 7.90. The van der Waals surface area contributed by atoms with Crippen LogP contribution in [0.25, 0.3) is 0 Å². The van der Waals surface area contributed by atoms with Crippen molar-refractivity contribution in [2.75, 3.05) is 11.9 Å². The predicted octanol–water partition coefficient (Wildman–Crippen LogP) is 2.94. The van der Waals surface area contributed by atoms with Gasteiger partial charge in [-0.1, -0.05) is 43.9 Å². The molecule has 0 bridgehead atoms. The van der Waals surface area contributed by atoms with Crippen molar-refractivity contribution in [1.82, 2.24) is 4.90 Å². The summed E-state index contributed by atoms with van der Waals surface area (Å²) < 4.78 is 0. The van der Waals surface area contributed by atoms with Crippen LogP contribution in [0, 0.1) is 5.92 Å². The number of benzene rings is 1. The van der Waals surface area contributed by atoms with E-state index in [-0.39, 0.29) is 24.3 Å². The zero-order valence-electron chi connectivity index (χ0n) is 12.3. The van der Waals surface area contributed by atoms with E-state index in [0.717, 1.165) is 36.9 Å². The quantitative estimate of drug-likeness (QED) is 0.807. The molecule has 1 heterocycles. The Hall–Kier alpha value is -1.84. The summed E-state index contributed by atoms with van der Waals surface area (Å²) in [6.07, 6.45) is 6.66. The highest BCUT2D eigenvalue weighted by Gasteiger charge is 2.28. The fourth-order valence-electron chi connectivity index (χ4n) is 3.35. The van der Waals surface area contributed by atoms with Crippen LogP contribution in [-0.4, -0.2) is 23.3 Å². The van der Waals surface area contributed by atoms with Gasteiger partial charge in [0.15, 0.2) is 0 Å². The van der Waals surface area contributed by atoms with Gasteiger partial charge in [0, 0.05) is 18.2 Å². The van der Waals surface area contributed by atoms with E-state index in [1.54, 1.807) is 4.90 Å². The number of hydrogen-bond donors (Lipinski definition) is 1. The molecule has 21 heavy (non-hydrogen) atoms. The molecule has 1 aromatic rings. The van der Waals surface area contributed by atoms with E-state index in [1.165, 1.54) is 12.8 Å². The largest absolute Gasteiger partial charge is 0.329 e. The number of fused-ring (bicyclic) bond motifs is 1. The van der Waals surface area contributed by atoms with Crippen LogP contribution < -0.4 is 5.32 Å². The standard InChI is InChI=1S/C17H22N2O2/c20-16-12-19(11-14-9-5-6-10-15(14)18-16)17(21)13-7-3-1-2-4-8-13/h5-6,9-10,13H,1-4,7-8,11-12H2,(H,18,20). The Morgan fingerprint density at radius 2 is 1.76 bits per heavy atom. The normalized spacial score (nSPS) is 20.2. The first kappa shape index (κ1) is 14.1. The Kier molecular flexibility index (Phi) is 4.23. The monoisotopic (exact) mass is 286 g/mol. The van der Waals surface area contributed by atoms with Crippen molar-refractivity contribution in [2.45, 2.75) is 45.1 Å². The number of nitrogens with one attached hydrogen (secondary N) is 1. The lowest BCUT2D eigenvalue weighted by Gasteiger charge is -2.24. The molecule has 0 atom stereocenters. The van der Waals surface area contributed by atoms with Crippen LogP contribution in [0.2, 0.25) is 0 Å². The van der Waals surface area contributed by atoms with Crippen LogP contribution in [0.15, 0.2) is 24.3 Å². The molecule has 1 N–H and O–H groups in total. The Morgan fingerprint density at radius 1 is 1.05 bits per heavy atom. The maximum absolute atomic E-state index is 12.8. The highest BCUT2D eigenvalue weighted by atomic mass is 16.2. The molecule has 0 aromatic heterocycles. The number of nitrogens with zero attached hydrogens (tertiary/aromatic N) is 1. The Morgan fingerprint density at radius 3 is 2.52 bits per heavy atom. The first-order valence-corrected chi connectivity index (χ1v) is 7.90. The van der Waals surface area contributed by atoms with Gasteiger partial charge in [-0.05, 0) is 24.5 Å². The summed E-state index contributed by atoms with van der Waals surface area (Å²) in [7, 11) is 0. The molecule has 0 unspecified atom stereocenters. The number of carbonyl (C=O) groups is 2. The van der Waals surface area contributed by atoms with E-state index in [2.05, 4.69) is 5.32 Å². The molecule has 2 amide bonds. The topological polar surface area (TPSA) is 49.4 Å². The van der Waals surface area contributed by atoms with E-state index in [1.807, 2.05) is 24.3 Å². The van der Waals surface area contributed by atoms with Gasteiger partial charge in [0.25, 0.3) is 0 Å². The summed E-state index contributed by atoms with van der Waals surface area (Å²) in [5.74, 6) is 0.163. The number of anilines is 1. The molecule has 4 heteroatoms. The average Bonchev–Trinajstić information content (AvgIpc) is 2.84. The molecule has 0 radical (unpaired) electrons. The third-order valence-corrected chi connectivity index (χ3v) is 4.50. The first-order chi connectivity index (χ1) is 10.2. The van der Waals surface area contributed by atoms with Crippen LogP contribution in [0.4, 0.5) is 5.69 Å². The van der Waals surface area contributed by atoms with Crippen molar-refractivity contribution >= 4 is 17.5 Å². The maximum atomic E-state index is 12.8. The molecule has 1 fully saturated rings. The summed E-state index contributed by atoms with van der Waals surface area (Å²) in [5, 5.41) is 2.89. The van der Waals surface area contributed by atoms with Crippen LogP contribution in [-0.2, 0) is 16.1 Å². The fourth-order valence-corrected chi connectivity index (χ4v) is 3.35. The highest BCUT2D eigenvalue weighted by Crippen LogP contribution is 2.27. The minimum Gasteiger partial charge on any atom is -0.329 e. The van der Waals surface area contributed by atoms with Crippen LogP contribution in [0.1, 0.15) is 44.1 Å². The van der Waals surface area contributed by atoms with Crippen molar-refractivity contribution in [3.63, 3.8) is 0 Å². The van der Waals surface area contributed by atoms with E-state index in [0.29, 0.717) is 6.54 Å². The zero-order chi connectivity index (χ0) is 14.7. The van der Waals surface area contributed by atoms with Crippen molar-refractivity contribution in [3.8, 4) is 0 Å². The summed E-state index contributed by atoms with van der Waals surface area (Å²) >= 11 is 0. The van der Waals surface area contributed by atoms with Crippen molar-refractivity contribution in [3.05, 3.63) is 29.8 Å². The molecule has 1 aliphatic heterocycles. The molecule has 112 valence electrons. The van der Waals surface area contributed by atoms with E-state index in [9.17, 15) is 9.59 Å². The van der Waals surface area contributed by atoms with E-state index in [4.69, 9.17) is 0 Å². The van der Waals surface area contributed by atoms with Gasteiger partial charge in [-0.25, -0.2) is 0 Å². The van der Waals surface area contributed by atoms with Gasteiger partial charge < -0.3 is 10.2 Å². The highest BCUT2D eigenvalue weighted by molar-refractivity contribution is 5.96. The van der Waals surface area contributed by atoms with Crippen LogP contribution >= 0.6 is 0 Å². The van der Waals surface area contributed by atoms with Gasteiger partial charge in [0.2, 0.25) is 11.8 Å². The second kappa shape index (κ2) is 6.29. The summed E-state index contributed by atoms with van der Waals surface area (Å²) in [6.45, 7) is 0.703. The van der Waals surface area contributed by atoms with Crippen LogP contribution in [0.3, 0.4) is 0 Å². The molecule has 1 aromatic carbocycles. The summed E-state index contributed by atoms with van der Waals surface area (Å²) in [4.78, 5) is 26.5. The molecular formula is C17H22N2O2. The predicted molar refractivity (Wildman–Crippen MR) is 81.7 cm³/mol. The average molecular weight is 286 g/mol. The molecule has 0 saturated heterocycles. The minimum atomic E-state index is -0.0954. The SMILES string of the molecule is O=C1CN(C(=O)C2CCCCCC2)Cc2ccccc2N1.